The van der Waals surface area contributed by atoms with E-state index in [0.717, 1.165) is 36.8 Å². The Balaban J connectivity index is 1.56. The van der Waals surface area contributed by atoms with Crippen LogP contribution in [-0.2, 0) is 9.59 Å². The summed E-state index contributed by atoms with van der Waals surface area (Å²) in [5.41, 5.74) is 4.63. The van der Waals surface area contributed by atoms with E-state index in [1.807, 2.05) is 43.3 Å². The third-order valence-corrected chi connectivity index (χ3v) is 5.19. The summed E-state index contributed by atoms with van der Waals surface area (Å²) in [6.07, 6.45) is 8.67. The number of para-hydroxylation sites is 1. The summed E-state index contributed by atoms with van der Waals surface area (Å²) >= 11 is 0. The fourth-order valence-electron chi connectivity index (χ4n) is 3.57. The van der Waals surface area contributed by atoms with E-state index in [9.17, 15) is 14.4 Å². The monoisotopic (exact) mass is 432 g/mol. The van der Waals surface area contributed by atoms with Crippen LogP contribution in [-0.4, -0.2) is 30.0 Å². The molecule has 3 amide bonds. The lowest BCUT2D eigenvalue weighted by molar-refractivity contribution is -0.136. The van der Waals surface area contributed by atoms with Gasteiger partial charge in [0.15, 0.2) is 0 Å². The van der Waals surface area contributed by atoms with E-state index >= 15 is 0 Å². The molecular weight excluding hydrogens is 404 g/mol. The molecule has 0 aliphatic heterocycles. The minimum atomic E-state index is -0.920. The third-order valence-electron chi connectivity index (χ3n) is 5.19. The normalized spacial score (nSPS) is 14.7. The molecule has 0 aromatic heterocycles. The van der Waals surface area contributed by atoms with Crippen LogP contribution < -0.4 is 16.1 Å². The van der Waals surface area contributed by atoms with Gasteiger partial charge in [-0.25, -0.2) is 5.43 Å². The zero-order valence-corrected chi connectivity index (χ0v) is 18.1. The first-order valence-corrected chi connectivity index (χ1v) is 10.8. The molecule has 0 spiro atoms. The van der Waals surface area contributed by atoms with Gasteiger partial charge in [-0.2, -0.15) is 5.10 Å². The Bertz CT molecular complexity index is 1010. The number of amides is 3. The number of nitrogens with zero attached hydrogens (tertiary/aromatic N) is 1. The molecule has 7 nitrogen and oxygen atoms in total. The van der Waals surface area contributed by atoms with Crippen molar-refractivity contribution in [2.24, 2.45) is 5.10 Å². The zero-order chi connectivity index (χ0) is 22.8. The Morgan fingerprint density at radius 3 is 2.34 bits per heavy atom. The molecule has 0 radical (unpaired) electrons. The summed E-state index contributed by atoms with van der Waals surface area (Å²) in [7, 11) is 0. The van der Waals surface area contributed by atoms with Crippen molar-refractivity contribution < 1.29 is 14.4 Å². The van der Waals surface area contributed by atoms with E-state index in [0.29, 0.717) is 5.56 Å². The first kappa shape index (κ1) is 22.9. The average Bonchev–Trinajstić information content (AvgIpc) is 2.80. The van der Waals surface area contributed by atoms with Gasteiger partial charge in [-0.05, 0) is 43.0 Å². The van der Waals surface area contributed by atoms with Gasteiger partial charge < -0.3 is 10.6 Å². The lowest BCUT2D eigenvalue weighted by Gasteiger charge is -2.23. The minimum absolute atomic E-state index is 0.143. The number of carbonyl (C=O) groups is 3. The molecule has 2 aromatic rings. The Morgan fingerprint density at radius 2 is 1.59 bits per heavy atom. The fourth-order valence-corrected chi connectivity index (χ4v) is 3.57. The maximum atomic E-state index is 12.7. The van der Waals surface area contributed by atoms with Crippen LogP contribution in [0.3, 0.4) is 0 Å². The molecule has 0 saturated heterocycles. The molecule has 3 rings (SSSR count). The van der Waals surface area contributed by atoms with Gasteiger partial charge in [0.1, 0.15) is 0 Å². The van der Waals surface area contributed by atoms with Crippen LogP contribution in [0.4, 0.5) is 5.69 Å². The first-order valence-electron chi connectivity index (χ1n) is 10.8. The van der Waals surface area contributed by atoms with Gasteiger partial charge in [0.05, 0.1) is 17.5 Å². The number of hydrazone groups is 1. The number of allylic oxidation sites excluding steroid dienone is 1. The van der Waals surface area contributed by atoms with E-state index in [4.69, 9.17) is 0 Å². The second-order valence-electron chi connectivity index (χ2n) is 7.81. The van der Waals surface area contributed by atoms with Crippen LogP contribution in [0.2, 0.25) is 0 Å². The van der Waals surface area contributed by atoms with E-state index < -0.39 is 11.8 Å². The van der Waals surface area contributed by atoms with E-state index in [1.54, 1.807) is 24.3 Å². The van der Waals surface area contributed by atoms with Crippen LogP contribution in [0.15, 0.2) is 65.3 Å². The van der Waals surface area contributed by atoms with Crippen LogP contribution in [0.25, 0.3) is 6.08 Å². The van der Waals surface area contributed by atoms with Crippen molar-refractivity contribution in [2.75, 3.05) is 5.32 Å². The quantitative estimate of drug-likeness (QED) is 0.367. The van der Waals surface area contributed by atoms with Gasteiger partial charge in [0.2, 0.25) is 0 Å². The van der Waals surface area contributed by atoms with E-state index in [1.165, 1.54) is 12.6 Å². The highest BCUT2D eigenvalue weighted by Crippen LogP contribution is 2.20. The molecule has 1 aliphatic carbocycles. The molecule has 0 bridgehead atoms. The predicted octanol–water partition coefficient (Wildman–Crippen LogP) is 3.89. The Morgan fingerprint density at radius 1 is 0.906 bits per heavy atom. The molecule has 1 aliphatic rings. The highest BCUT2D eigenvalue weighted by molar-refractivity contribution is 6.40. The highest BCUT2D eigenvalue weighted by Gasteiger charge is 2.20. The molecule has 0 heterocycles. The van der Waals surface area contributed by atoms with Crippen LogP contribution in [0.5, 0.6) is 0 Å². The van der Waals surface area contributed by atoms with Crippen molar-refractivity contribution in [2.45, 2.75) is 45.1 Å². The van der Waals surface area contributed by atoms with Gasteiger partial charge in [-0.15, -0.1) is 0 Å². The molecule has 1 fully saturated rings. The van der Waals surface area contributed by atoms with Crippen molar-refractivity contribution in [3.8, 4) is 0 Å². The summed E-state index contributed by atoms with van der Waals surface area (Å²) in [4.78, 5) is 37.1. The van der Waals surface area contributed by atoms with Crippen molar-refractivity contribution in [3.05, 3.63) is 71.3 Å². The first-order chi connectivity index (χ1) is 15.5. The SMILES string of the molecule is CC(/C=N\NC(=O)C(=O)Nc1ccccc1C(=O)NC1CCCCC1)=C/c1ccccc1. The molecule has 3 N–H and O–H groups in total. The summed E-state index contributed by atoms with van der Waals surface area (Å²) in [5, 5.41) is 9.36. The van der Waals surface area contributed by atoms with Crippen molar-refractivity contribution in [3.63, 3.8) is 0 Å². The van der Waals surface area contributed by atoms with E-state index in [-0.39, 0.29) is 17.6 Å². The Hall–Kier alpha value is -3.74. The number of anilines is 1. The topological polar surface area (TPSA) is 99.7 Å². The Labute approximate surface area is 188 Å². The lowest BCUT2D eigenvalue weighted by atomic mass is 9.95. The molecule has 32 heavy (non-hydrogen) atoms. The zero-order valence-electron chi connectivity index (χ0n) is 18.1. The molecule has 2 aromatic carbocycles. The van der Waals surface area contributed by atoms with Gasteiger partial charge >= 0.3 is 11.8 Å². The van der Waals surface area contributed by atoms with Crippen molar-refractivity contribution in [1.82, 2.24) is 10.7 Å². The number of benzene rings is 2. The second kappa shape index (κ2) is 11.6. The molecule has 0 atom stereocenters. The van der Waals surface area contributed by atoms with Gasteiger partial charge in [0, 0.05) is 6.04 Å². The number of carbonyl (C=O) groups excluding carboxylic acids is 3. The minimum Gasteiger partial charge on any atom is -0.349 e. The Kier molecular flexibility index (Phi) is 8.31. The van der Waals surface area contributed by atoms with Gasteiger partial charge in [0.25, 0.3) is 5.91 Å². The van der Waals surface area contributed by atoms with Crippen LogP contribution >= 0.6 is 0 Å². The highest BCUT2D eigenvalue weighted by atomic mass is 16.2. The molecule has 1 saturated carbocycles. The van der Waals surface area contributed by atoms with Gasteiger partial charge in [-0.1, -0.05) is 67.8 Å². The summed E-state index contributed by atoms with van der Waals surface area (Å²) in [6.45, 7) is 1.84. The standard InChI is InChI=1S/C25H28N4O3/c1-18(16-19-10-4-2-5-11-19)17-26-29-25(32)24(31)28-22-15-9-8-14-21(22)23(30)27-20-12-6-3-7-13-20/h2,4-5,8-11,14-17,20H,3,6-7,12-13H2,1H3,(H,27,30)(H,28,31)(H,29,32)/b18-16-,26-17-. The average molecular weight is 433 g/mol. The maximum absolute atomic E-state index is 12.7. The predicted molar refractivity (Wildman–Crippen MR) is 126 cm³/mol. The molecule has 0 unspecified atom stereocenters. The van der Waals surface area contributed by atoms with Crippen LogP contribution in [0.1, 0.15) is 54.9 Å². The summed E-state index contributed by atoms with van der Waals surface area (Å²) < 4.78 is 0. The van der Waals surface area contributed by atoms with E-state index in [2.05, 4.69) is 21.2 Å². The summed E-state index contributed by atoms with van der Waals surface area (Å²) in [5.74, 6) is -2.08. The largest absolute Gasteiger partial charge is 0.349 e. The third kappa shape index (κ3) is 6.91. The summed E-state index contributed by atoms with van der Waals surface area (Å²) in [6, 6.07) is 16.5. The molecular formula is C25H28N4O3. The van der Waals surface area contributed by atoms with Gasteiger partial charge in [-0.3, -0.25) is 14.4 Å². The molecule has 166 valence electrons. The maximum Gasteiger partial charge on any atom is 0.329 e. The smallest absolute Gasteiger partial charge is 0.329 e. The number of hydrogen-bond donors (Lipinski definition) is 3. The molecule has 7 heteroatoms. The lowest BCUT2D eigenvalue weighted by Crippen LogP contribution is -2.37. The van der Waals surface area contributed by atoms with Crippen molar-refractivity contribution in [1.29, 1.82) is 0 Å². The van der Waals surface area contributed by atoms with Crippen molar-refractivity contribution >= 4 is 35.7 Å². The number of rotatable bonds is 6. The fraction of sp³-hybridized carbons (Fsp3) is 0.280. The second-order valence-corrected chi connectivity index (χ2v) is 7.81. The number of nitrogens with one attached hydrogen (secondary N) is 3. The van der Waals surface area contributed by atoms with Crippen LogP contribution in [0, 0.1) is 0 Å². The number of hydrogen-bond acceptors (Lipinski definition) is 4.